The van der Waals surface area contributed by atoms with Crippen molar-refractivity contribution in [3.8, 4) is 22.3 Å². The van der Waals surface area contributed by atoms with Crippen LogP contribution >= 0.6 is 11.6 Å². The minimum absolute atomic E-state index is 0.0000186. The van der Waals surface area contributed by atoms with E-state index in [1.807, 2.05) is 18.2 Å². The van der Waals surface area contributed by atoms with E-state index < -0.39 is 28.3 Å². The van der Waals surface area contributed by atoms with Crippen molar-refractivity contribution in [2.45, 2.75) is 26.2 Å². The Hall–Kier alpha value is -2.85. The number of hydrogen-bond acceptors (Lipinski definition) is 0. The molecule has 0 heterocycles. The molecule has 31 heavy (non-hydrogen) atoms. The molecule has 0 unspecified atom stereocenters. The maximum atomic E-state index is 15.2. The first-order chi connectivity index (χ1) is 14.9. The first-order valence-electron chi connectivity index (χ1n) is 10.0. The summed E-state index contributed by atoms with van der Waals surface area (Å²) in [5, 5.41) is 0.611. The van der Waals surface area contributed by atoms with Crippen LogP contribution in [0, 0.1) is 23.3 Å². The van der Waals surface area contributed by atoms with Gasteiger partial charge >= 0.3 is 0 Å². The van der Waals surface area contributed by atoms with E-state index in [-0.39, 0.29) is 16.7 Å². The van der Waals surface area contributed by atoms with Crippen molar-refractivity contribution in [2.75, 3.05) is 0 Å². The fourth-order valence-corrected chi connectivity index (χ4v) is 3.84. The zero-order valence-corrected chi connectivity index (χ0v) is 17.5. The Balaban J connectivity index is 1.73. The van der Waals surface area contributed by atoms with Crippen molar-refractivity contribution in [2.24, 2.45) is 0 Å². The molecule has 0 fully saturated rings. The van der Waals surface area contributed by atoms with E-state index >= 15 is 4.39 Å². The molecular weight excluding hydrogens is 424 g/mol. The van der Waals surface area contributed by atoms with E-state index in [1.54, 1.807) is 12.1 Å². The zero-order chi connectivity index (χ0) is 22.1. The van der Waals surface area contributed by atoms with Crippen LogP contribution in [-0.4, -0.2) is 0 Å². The molecule has 0 saturated heterocycles. The Kier molecular flexibility index (Phi) is 6.01. The van der Waals surface area contributed by atoms with Gasteiger partial charge in [0.05, 0.1) is 0 Å². The summed E-state index contributed by atoms with van der Waals surface area (Å²) < 4.78 is 57.5. The Morgan fingerprint density at radius 1 is 0.710 bits per heavy atom. The fraction of sp³-hybridized carbons (Fsp3) is 0.154. The maximum Gasteiger partial charge on any atom is 0.145 e. The molecule has 0 aliphatic heterocycles. The smallest absolute Gasteiger partial charge is 0.145 e. The van der Waals surface area contributed by atoms with Crippen molar-refractivity contribution in [3.63, 3.8) is 0 Å². The SMILES string of the molecule is CCCCc1ccc2c(F)c(-c3ccc(-c4cc(F)c(Cl)c(F)c4)c(F)c3)ccc2c1. The fourth-order valence-electron chi connectivity index (χ4n) is 3.73. The topological polar surface area (TPSA) is 0 Å². The molecule has 4 rings (SSSR count). The van der Waals surface area contributed by atoms with E-state index in [4.69, 9.17) is 11.6 Å². The molecule has 0 aliphatic rings. The van der Waals surface area contributed by atoms with E-state index in [0.29, 0.717) is 10.9 Å². The standard InChI is InChI=1S/C26H19ClF4/c1-2-3-4-15-5-8-20-16(11-15)7-10-21(26(20)31)17-6-9-19(22(28)12-17)18-13-23(29)25(27)24(30)14-18/h5-14H,2-4H2,1H3. The van der Waals surface area contributed by atoms with E-state index in [9.17, 15) is 13.2 Å². The van der Waals surface area contributed by atoms with Crippen LogP contribution in [0.25, 0.3) is 33.0 Å². The molecule has 4 aromatic rings. The van der Waals surface area contributed by atoms with Crippen LogP contribution < -0.4 is 0 Å². The number of rotatable bonds is 5. The molecule has 0 N–H and O–H groups in total. The summed E-state index contributed by atoms with van der Waals surface area (Å²) in [4.78, 5) is 0. The average Bonchev–Trinajstić information content (AvgIpc) is 2.76. The third kappa shape index (κ3) is 4.17. The number of fused-ring (bicyclic) bond motifs is 1. The van der Waals surface area contributed by atoms with Gasteiger partial charge in [-0.25, -0.2) is 17.6 Å². The van der Waals surface area contributed by atoms with Gasteiger partial charge in [0.2, 0.25) is 0 Å². The number of benzene rings is 4. The van der Waals surface area contributed by atoms with Crippen LogP contribution in [0.4, 0.5) is 17.6 Å². The molecule has 0 amide bonds. The molecule has 0 spiro atoms. The van der Waals surface area contributed by atoms with Crippen LogP contribution in [0.5, 0.6) is 0 Å². The van der Waals surface area contributed by atoms with Crippen LogP contribution in [0.2, 0.25) is 5.02 Å². The lowest BCUT2D eigenvalue weighted by molar-refractivity contribution is 0.584. The Labute approximate surface area is 183 Å². The predicted octanol–water partition coefficient (Wildman–Crippen LogP) is 8.73. The summed E-state index contributed by atoms with van der Waals surface area (Å²) in [5.41, 5.74) is 1.76. The van der Waals surface area contributed by atoms with Crippen molar-refractivity contribution in [3.05, 3.63) is 94.5 Å². The number of halogens is 5. The lowest BCUT2D eigenvalue weighted by Crippen LogP contribution is -1.93. The Bertz CT molecular complexity index is 1260. The molecule has 0 nitrogen and oxygen atoms in total. The van der Waals surface area contributed by atoms with Crippen molar-refractivity contribution < 1.29 is 17.6 Å². The average molecular weight is 443 g/mol. The van der Waals surface area contributed by atoms with Crippen molar-refractivity contribution in [1.29, 1.82) is 0 Å². The molecule has 158 valence electrons. The molecule has 4 aromatic carbocycles. The van der Waals surface area contributed by atoms with Gasteiger partial charge in [-0.15, -0.1) is 0 Å². The zero-order valence-electron chi connectivity index (χ0n) is 16.8. The van der Waals surface area contributed by atoms with Gasteiger partial charge in [0.15, 0.2) is 0 Å². The molecule has 0 radical (unpaired) electrons. The molecule has 0 bridgehead atoms. The van der Waals surface area contributed by atoms with E-state index in [0.717, 1.165) is 42.3 Å². The highest BCUT2D eigenvalue weighted by atomic mass is 35.5. The van der Waals surface area contributed by atoms with Crippen LogP contribution in [0.15, 0.2) is 60.7 Å². The molecule has 5 heteroatoms. The monoisotopic (exact) mass is 442 g/mol. The second-order valence-corrected chi connectivity index (χ2v) is 7.91. The Morgan fingerprint density at radius 2 is 1.39 bits per heavy atom. The summed E-state index contributed by atoms with van der Waals surface area (Å²) in [6, 6.07) is 15.1. The summed E-state index contributed by atoms with van der Waals surface area (Å²) in [5.74, 6) is -3.10. The molecule has 0 aliphatic carbocycles. The van der Waals surface area contributed by atoms with Crippen LogP contribution in [-0.2, 0) is 6.42 Å². The first-order valence-corrected chi connectivity index (χ1v) is 10.4. The van der Waals surface area contributed by atoms with Gasteiger partial charge < -0.3 is 0 Å². The largest absolute Gasteiger partial charge is 0.206 e. The highest BCUT2D eigenvalue weighted by Gasteiger charge is 2.15. The third-order valence-electron chi connectivity index (χ3n) is 5.41. The van der Waals surface area contributed by atoms with Gasteiger partial charge in [-0.1, -0.05) is 67.4 Å². The first kappa shape index (κ1) is 21.4. The third-order valence-corrected chi connectivity index (χ3v) is 5.77. The lowest BCUT2D eigenvalue weighted by Gasteiger charge is -2.11. The van der Waals surface area contributed by atoms with Gasteiger partial charge in [0.25, 0.3) is 0 Å². The molecule has 0 aromatic heterocycles. The summed E-state index contributed by atoms with van der Waals surface area (Å²) in [7, 11) is 0. The highest BCUT2D eigenvalue weighted by Crippen LogP contribution is 2.34. The van der Waals surface area contributed by atoms with E-state index in [1.165, 1.54) is 18.2 Å². The maximum absolute atomic E-state index is 15.2. The van der Waals surface area contributed by atoms with Gasteiger partial charge in [-0.3, -0.25) is 0 Å². The number of unbranched alkanes of at least 4 members (excludes halogenated alkanes) is 1. The van der Waals surface area contributed by atoms with Gasteiger partial charge in [0.1, 0.15) is 28.3 Å². The van der Waals surface area contributed by atoms with Crippen LogP contribution in [0.3, 0.4) is 0 Å². The predicted molar refractivity (Wildman–Crippen MR) is 118 cm³/mol. The summed E-state index contributed by atoms with van der Waals surface area (Å²) >= 11 is 5.50. The summed E-state index contributed by atoms with van der Waals surface area (Å²) in [6.45, 7) is 2.12. The van der Waals surface area contributed by atoms with Crippen molar-refractivity contribution in [1.82, 2.24) is 0 Å². The second-order valence-electron chi connectivity index (χ2n) is 7.53. The molecule has 0 atom stereocenters. The van der Waals surface area contributed by atoms with Crippen molar-refractivity contribution >= 4 is 22.4 Å². The minimum atomic E-state index is -0.973. The number of hydrogen-bond donors (Lipinski definition) is 0. The van der Waals surface area contributed by atoms with E-state index in [2.05, 4.69) is 6.92 Å². The van der Waals surface area contributed by atoms with Gasteiger partial charge in [0, 0.05) is 16.5 Å². The molecular formula is C26H19ClF4. The van der Waals surface area contributed by atoms with Crippen LogP contribution in [0.1, 0.15) is 25.3 Å². The van der Waals surface area contributed by atoms with Gasteiger partial charge in [-0.2, -0.15) is 0 Å². The quantitative estimate of drug-likeness (QED) is 0.214. The normalized spacial score (nSPS) is 11.3. The number of aryl methyl sites for hydroxylation is 1. The summed E-state index contributed by atoms with van der Waals surface area (Å²) in [6.07, 6.45) is 3.09. The Morgan fingerprint density at radius 3 is 2.06 bits per heavy atom. The highest BCUT2D eigenvalue weighted by molar-refractivity contribution is 6.31. The molecule has 0 saturated carbocycles. The minimum Gasteiger partial charge on any atom is -0.206 e. The van der Waals surface area contributed by atoms with Gasteiger partial charge in [-0.05, 0) is 53.1 Å². The second kappa shape index (κ2) is 8.72. The lowest BCUT2D eigenvalue weighted by atomic mass is 9.96.